The van der Waals surface area contributed by atoms with Crippen LogP contribution in [-0.2, 0) is 0 Å². The summed E-state index contributed by atoms with van der Waals surface area (Å²) >= 11 is 0. The highest BCUT2D eigenvalue weighted by Gasteiger charge is 2.10. The summed E-state index contributed by atoms with van der Waals surface area (Å²) in [4.78, 5) is 0. The molecule has 0 spiro atoms. The van der Waals surface area contributed by atoms with Gasteiger partial charge in [0.15, 0.2) is 5.65 Å². The van der Waals surface area contributed by atoms with Crippen LogP contribution in [0.1, 0.15) is 20.8 Å². The summed E-state index contributed by atoms with van der Waals surface area (Å²) in [6.07, 6.45) is 0. The molecular weight excluding hydrogens is 192 g/mol. The first-order chi connectivity index (χ1) is 7.04. The van der Waals surface area contributed by atoms with E-state index in [1.165, 1.54) is 4.63 Å². The zero-order chi connectivity index (χ0) is 10.9. The molecule has 2 aromatic heterocycles. The monoisotopic (exact) mass is 206 g/mol. The molecule has 6 nitrogen and oxygen atoms in total. The summed E-state index contributed by atoms with van der Waals surface area (Å²) < 4.78 is 1.41. The first kappa shape index (κ1) is 9.82. The van der Waals surface area contributed by atoms with Gasteiger partial charge >= 0.3 is 0 Å². The molecule has 2 rings (SSSR count). The van der Waals surface area contributed by atoms with Crippen molar-refractivity contribution in [2.24, 2.45) is 5.41 Å². The van der Waals surface area contributed by atoms with Crippen molar-refractivity contribution < 1.29 is 0 Å². The van der Waals surface area contributed by atoms with E-state index in [2.05, 4.69) is 46.7 Å². The van der Waals surface area contributed by atoms with Gasteiger partial charge in [-0.2, -0.15) is 0 Å². The van der Waals surface area contributed by atoms with E-state index in [-0.39, 0.29) is 5.41 Å². The van der Waals surface area contributed by atoms with Gasteiger partial charge < -0.3 is 5.32 Å². The lowest BCUT2D eigenvalue weighted by molar-refractivity contribution is 0.442. The van der Waals surface area contributed by atoms with Gasteiger partial charge in [-0.25, -0.2) is 0 Å². The summed E-state index contributed by atoms with van der Waals surface area (Å²) in [6, 6.07) is 3.70. The van der Waals surface area contributed by atoms with Crippen LogP contribution in [0.15, 0.2) is 12.1 Å². The van der Waals surface area contributed by atoms with E-state index in [0.717, 1.165) is 12.4 Å². The lowest BCUT2D eigenvalue weighted by atomic mass is 9.97. The average molecular weight is 206 g/mol. The smallest absolute Gasteiger partial charge is 0.200 e. The topological polar surface area (TPSA) is 68.0 Å². The standard InChI is InChI=1S/C9H14N6/c1-9(2,3)6-10-7-4-5-8-11-13-14-15(8)12-7/h4-5H,6H2,1-3H3,(H,10,12). The molecule has 80 valence electrons. The highest BCUT2D eigenvalue weighted by atomic mass is 15.6. The quantitative estimate of drug-likeness (QED) is 0.793. The molecule has 0 aliphatic carbocycles. The Morgan fingerprint density at radius 2 is 2.13 bits per heavy atom. The van der Waals surface area contributed by atoms with Crippen LogP contribution in [0.4, 0.5) is 5.82 Å². The molecule has 2 aromatic rings. The molecule has 0 amide bonds. The van der Waals surface area contributed by atoms with Gasteiger partial charge in [0, 0.05) is 6.54 Å². The van der Waals surface area contributed by atoms with Crippen molar-refractivity contribution in [2.75, 3.05) is 11.9 Å². The summed E-state index contributed by atoms with van der Waals surface area (Å²) in [7, 11) is 0. The maximum atomic E-state index is 4.21. The highest BCUT2D eigenvalue weighted by molar-refractivity contribution is 5.42. The second-order valence-corrected chi connectivity index (χ2v) is 4.66. The zero-order valence-corrected chi connectivity index (χ0v) is 9.10. The number of hydrogen-bond donors (Lipinski definition) is 1. The van der Waals surface area contributed by atoms with Crippen LogP contribution in [0, 0.1) is 5.41 Å². The predicted molar refractivity (Wildman–Crippen MR) is 56.5 cm³/mol. The molecule has 0 saturated heterocycles. The Kier molecular flexibility index (Phi) is 2.26. The van der Waals surface area contributed by atoms with Crippen LogP contribution in [0.2, 0.25) is 0 Å². The van der Waals surface area contributed by atoms with Gasteiger partial charge in [-0.1, -0.05) is 20.8 Å². The number of aromatic nitrogens is 5. The Morgan fingerprint density at radius 1 is 1.33 bits per heavy atom. The van der Waals surface area contributed by atoms with Crippen molar-refractivity contribution in [1.29, 1.82) is 0 Å². The summed E-state index contributed by atoms with van der Waals surface area (Å²) in [5.41, 5.74) is 0.869. The van der Waals surface area contributed by atoms with Crippen molar-refractivity contribution in [2.45, 2.75) is 20.8 Å². The van der Waals surface area contributed by atoms with Gasteiger partial charge in [0.25, 0.3) is 0 Å². The van der Waals surface area contributed by atoms with Gasteiger partial charge in [0.1, 0.15) is 5.82 Å². The van der Waals surface area contributed by atoms with E-state index in [4.69, 9.17) is 0 Å². The van der Waals surface area contributed by atoms with Crippen molar-refractivity contribution in [1.82, 2.24) is 25.3 Å². The number of nitrogens with one attached hydrogen (secondary N) is 1. The van der Waals surface area contributed by atoms with E-state index in [0.29, 0.717) is 5.65 Å². The molecule has 15 heavy (non-hydrogen) atoms. The Labute approximate surface area is 87.7 Å². The molecule has 0 aliphatic heterocycles. The Morgan fingerprint density at radius 3 is 2.87 bits per heavy atom. The molecule has 2 heterocycles. The largest absolute Gasteiger partial charge is 0.368 e. The number of fused-ring (bicyclic) bond motifs is 1. The fraction of sp³-hybridized carbons (Fsp3) is 0.556. The molecule has 0 fully saturated rings. The molecule has 0 bridgehead atoms. The predicted octanol–water partition coefficient (Wildman–Crippen LogP) is 0.977. The zero-order valence-electron chi connectivity index (χ0n) is 9.10. The maximum absolute atomic E-state index is 4.21. The van der Waals surface area contributed by atoms with Gasteiger partial charge in [-0.3, -0.25) is 0 Å². The van der Waals surface area contributed by atoms with Gasteiger partial charge in [0.05, 0.1) is 0 Å². The summed E-state index contributed by atoms with van der Waals surface area (Å²) in [5, 5.41) is 18.5. The first-order valence-corrected chi connectivity index (χ1v) is 4.84. The van der Waals surface area contributed by atoms with Crippen LogP contribution in [0.5, 0.6) is 0 Å². The average Bonchev–Trinajstić information content (AvgIpc) is 2.60. The normalized spacial score (nSPS) is 11.9. The van der Waals surface area contributed by atoms with Crippen LogP contribution < -0.4 is 5.32 Å². The number of hydrogen-bond acceptors (Lipinski definition) is 5. The van der Waals surface area contributed by atoms with Crippen LogP contribution in [0.3, 0.4) is 0 Å². The second kappa shape index (κ2) is 3.45. The Bertz CT molecular complexity index is 455. The third-order valence-corrected chi connectivity index (χ3v) is 1.87. The SMILES string of the molecule is CC(C)(C)CNc1ccc2nnnn2n1. The highest BCUT2D eigenvalue weighted by Crippen LogP contribution is 2.13. The minimum absolute atomic E-state index is 0.219. The first-order valence-electron chi connectivity index (χ1n) is 4.84. The Hall–Kier alpha value is -1.72. The number of nitrogens with zero attached hydrogens (tertiary/aromatic N) is 5. The van der Waals surface area contributed by atoms with Crippen molar-refractivity contribution in [3.63, 3.8) is 0 Å². The van der Waals surface area contributed by atoms with E-state index in [1.807, 2.05) is 12.1 Å². The van der Waals surface area contributed by atoms with E-state index < -0.39 is 0 Å². The van der Waals surface area contributed by atoms with Crippen molar-refractivity contribution in [3.8, 4) is 0 Å². The number of tetrazole rings is 1. The molecule has 0 aliphatic rings. The molecule has 0 radical (unpaired) electrons. The molecule has 0 saturated carbocycles. The maximum Gasteiger partial charge on any atom is 0.200 e. The number of anilines is 1. The van der Waals surface area contributed by atoms with E-state index >= 15 is 0 Å². The second-order valence-electron chi connectivity index (χ2n) is 4.66. The van der Waals surface area contributed by atoms with Crippen LogP contribution in [0.25, 0.3) is 5.65 Å². The van der Waals surface area contributed by atoms with E-state index in [9.17, 15) is 0 Å². The number of rotatable bonds is 2. The molecular formula is C9H14N6. The minimum atomic E-state index is 0.219. The van der Waals surface area contributed by atoms with Gasteiger partial charge in [0.2, 0.25) is 0 Å². The van der Waals surface area contributed by atoms with Crippen molar-refractivity contribution >= 4 is 11.5 Å². The minimum Gasteiger partial charge on any atom is -0.368 e. The molecule has 0 atom stereocenters. The Balaban J connectivity index is 2.15. The van der Waals surface area contributed by atoms with Crippen LogP contribution in [-0.4, -0.2) is 31.8 Å². The van der Waals surface area contributed by atoms with Gasteiger partial charge in [-0.15, -0.1) is 14.8 Å². The van der Waals surface area contributed by atoms with Crippen LogP contribution >= 0.6 is 0 Å². The van der Waals surface area contributed by atoms with Crippen molar-refractivity contribution in [3.05, 3.63) is 12.1 Å². The molecule has 1 N–H and O–H groups in total. The van der Waals surface area contributed by atoms with Gasteiger partial charge in [-0.05, 0) is 28.0 Å². The third-order valence-electron chi connectivity index (χ3n) is 1.87. The fourth-order valence-electron chi connectivity index (χ4n) is 1.10. The molecule has 6 heteroatoms. The van der Waals surface area contributed by atoms with E-state index in [1.54, 1.807) is 0 Å². The molecule has 0 aromatic carbocycles. The summed E-state index contributed by atoms with van der Waals surface area (Å²) in [5.74, 6) is 0.782. The fourth-order valence-corrected chi connectivity index (χ4v) is 1.10. The summed E-state index contributed by atoms with van der Waals surface area (Å²) in [6.45, 7) is 7.34. The lowest BCUT2D eigenvalue weighted by Gasteiger charge is -2.18. The lowest BCUT2D eigenvalue weighted by Crippen LogP contribution is -2.20. The molecule has 0 unspecified atom stereocenters. The third kappa shape index (κ3) is 2.39.